The molecular weight excluding hydrogens is 298 g/mol. The predicted octanol–water partition coefficient (Wildman–Crippen LogP) is 2.77. The summed E-state index contributed by atoms with van der Waals surface area (Å²) in [5.41, 5.74) is -0.684. The quantitative estimate of drug-likeness (QED) is 0.619. The van der Waals surface area contributed by atoms with E-state index in [9.17, 15) is 13.2 Å². The number of rotatable bonds is 2. The van der Waals surface area contributed by atoms with Gasteiger partial charge in [-0.05, 0) is 22.6 Å². The molecule has 0 aromatic carbocycles. The molecule has 0 saturated carbocycles. The summed E-state index contributed by atoms with van der Waals surface area (Å²) in [6.45, 7) is 0. The Labute approximate surface area is 86.3 Å². The summed E-state index contributed by atoms with van der Waals surface area (Å²) in [4.78, 5) is 3.59. The van der Waals surface area contributed by atoms with E-state index in [-0.39, 0.29) is 9.58 Å². The monoisotopic (exact) mass is 303 g/mol. The molecule has 0 atom stereocenters. The second-order valence-electron chi connectivity index (χ2n) is 2.16. The molecule has 1 aromatic heterocycles. The van der Waals surface area contributed by atoms with Crippen LogP contribution in [0, 0.1) is 9.52 Å². The third kappa shape index (κ3) is 2.23. The largest absolute Gasteiger partial charge is 0.481 e. The van der Waals surface area contributed by atoms with Crippen LogP contribution in [0.25, 0.3) is 0 Å². The van der Waals surface area contributed by atoms with Gasteiger partial charge in [-0.25, -0.2) is 18.2 Å². The average Bonchev–Trinajstić information content (AvgIpc) is 2.09. The van der Waals surface area contributed by atoms with Gasteiger partial charge in [0.25, 0.3) is 6.43 Å². The molecule has 0 bridgehead atoms. The lowest BCUT2D eigenvalue weighted by Gasteiger charge is -2.05. The van der Waals surface area contributed by atoms with E-state index in [0.717, 1.165) is 6.07 Å². The van der Waals surface area contributed by atoms with Crippen LogP contribution in [0.4, 0.5) is 13.2 Å². The lowest BCUT2D eigenvalue weighted by molar-refractivity contribution is 0.145. The first kappa shape index (κ1) is 10.6. The van der Waals surface area contributed by atoms with Crippen LogP contribution >= 0.6 is 22.6 Å². The third-order valence-electron chi connectivity index (χ3n) is 1.37. The van der Waals surface area contributed by atoms with Crippen LogP contribution in [0.2, 0.25) is 0 Å². The van der Waals surface area contributed by atoms with E-state index in [2.05, 4.69) is 9.72 Å². The van der Waals surface area contributed by atoms with Crippen molar-refractivity contribution < 1.29 is 17.9 Å². The lowest BCUT2D eigenvalue weighted by Crippen LogP contribution is -1.99. The maximum absolute atomic E-state index is 13.0. The Balaban J connectivity index is 3.25. The van der Waals surface area contributed by atoms with E-state index in [1.807, 2.05) is 0 Å². The standard InChI is InChI=1S/C7H5F3INO/c1-13-4-2-3(6(9)10)5(8)7(11)12-4/h2,6H,1H3. The van der Waals surface area contributed by atoms with Gasteiger partial charge < -0.3 is 4.74 Å². The molecule has 0 aliphatic heterocycles. The lowest BCUT2D eigenvalue weighted by atomic mass is 10.2. The summed E-state index contributed by atoms with van der Waals surface area (Å²) in [7, 11) is 1.28. The van der Waals surface area contributed by atoms with Gasteiger partial charge in [0.1, 0.15) is 3.70 Å². The molecule has 0 aliphatic carbocycles. The molecule has 1 heterocycles. The van der Waals surface area contributed by atoms with Crippen LogP contribution in [0.1, 0.15) is 12.0 Å². The Morgan fingerprint density at radius 3 is 2.62 bits per heavy atom. The van der Waals surface area contributed by atoms with Crippen molar-refractivity contribution in [1.82, 2.24) is 4.98 Å². The number of aromatic nitrogens is 1. The normalized spacial score (nSPS) is 10.6. The van der Waals surface area contributed by atoms with Crippen LogP contribution in [0.5, 0.6) is 5.88 Å². The smallest absolute Gasteiger partial charge is 0.266 e. The van der Waals surface area contributed by atoms with Crippen molar-refractivity contribution in [1.29, 1.82) is 0 Å². The highest BCUT2D eigenvalue weighted by Crippen LogP contribution is 2.27. The van der Waals surface area contributed by atoms with Gasteiger partial charge in [0.05, 0.1) is 12.7 Å². The third-order valence-corrected chi connectivity index (χ3v) is 2.08. The van der Waals surface area contributed by atoms with E-state index in [4.69, 9.17) is 0 Å². The second kappa shape index (κ2) is 4.12. The highest BCUT2D eigenvalue weighted by molar-refractivity contribution is 14.1. The summed E-state index contributed by atoms with van der Waals surface area (Å²) >= 11 is 1.53. The summed E-state index contributed by atoms with van der Waals surface area (Å²) < 4.78 is 41.9. The van der Waals surface area contributed by atoms with Gasteiger partial charge in [0.15, 0.2) is 5.82 Å². The minimum atomic E-state index is -2.86. The predicted molar refractivity (Wildman–Crippen MR) is 48.4 cm³/mol. The van der Waals surface area contributed by atoms with Crippen LogP contribution in [-0.2, 0) is 0 Å². The first-order chi connectivity index (χ1) is 6.06. The zero-order valence-corrected chi connectivity index (χ0v) is 8.68. The van der Waals surface area contributed by atoms with Gasteiger partial charge in [-0.1, -0.05) is 0 Å². The molecule has 13 heavy (non-hydrogen) atoms. The molecule has 72 valence electrons. The minimum Gasteiger partial charge on any atom is -0.481 e. The number of ether oxygens (including phenoxy) is 1. The Kier molecular flexibility index (Phi) is 3.34. The molecule has 0 spiro atoms. The van der Waals surface area contributed by atoms with Gasteiger partial charge in [0, 0.05) is 6.07 Å². The molecule has 0 amide bonds. The molecule has 0 aliphatic rings. The summed E-state index contributed by atoms with van der Waals surface area (Å²) in [5, 5.41) is 0. The molecule has 0 saturated heterocycles. The molecule has 2 nitrogen and oxygen atoms in total. The Hall–Kier alpha value is -0.530. The van der Waals surface area contributed by atoms with Crippen molar-refractivity contribution in [2.75, 3.05) is 7.11 Å². The fourth-order valence-electron chi connectivity index (χ4n) is 0.757. The van der Waals surface area contributed by atoms with Crippen molar-refractivity contribution in [3.05, 3.63) is 21.1 Å². The molecule has 6 heteroatoms. The van der Waals surface area contributed by atoms with Gasteiger partial charge >= 0.3 is 0 Å². The zero-order valence-electron chi connectivity index (χ0n) is 6.52. The fourth-order valence-corrected chi connectivity index (χ4v) is 1.31. The van der Waals surface area contributed by atoms with E-state index >= 15 is 0 Å². The first-order valence-corrected chi connectivity index (χ1v) is 4.32. The van der Waals surface area contributed by atoms with Crippen LogP contribution < -0.4 is 4.74 Å². The number of halogens is 4. The fraction of sp³-hybridized carbons (Fsp3) is 0.286. The van der Waals surface area contributed by atoms with Gasteiger partial charge in [-0.2, -0.15) is 0 Å². The number of alkyl halides is 2. The first-order valence-electron chi connectivity index (χ1n) is 3.24. The summed E-state index contributed by atoms with van der Waals surface area (Å²) in [5.74, 6) is -1.00. The van der Waals surface area contributed by atoms with Crippen molar-refractivity contribution in [3.8, 4) is 5.88 Å². The number of hydrogen-bond acceptors (Lipinski definition) is 2. The van der Waals surface area contributed by atoms with Gasteiger partial charge in [0.2, 0.25) is 5.88 Å². The molecule has 1 rings (SSSR count). The van der Waals surface area contributed by atoms with Crippen molar-refractivity contribution in [2.45, 2.75) is 6.43 Å². The molecule has 0 unspecified atom stereocenters. The van der Waals surface area contributed by atoms with Crippen molar-refractivity contribution in [2.24, 2.45) is 0 Å². The van der Waals surface area contributed by atoms with Gasteiger partial charge in [-0.3, -0.25) is 0 Å². The van der Waals surface area contributed by atoms with Crippen LogP contribution in [0.15, 0.2) is 6.07 Å². The van der Waals surface area contributed by atoms with Crippen LogP contribution in [0.3, 0.4) is 0 Å². The average molecular weight is 303 g/mol. The highest BCUT2D eigenvalue weighted by atomic mass is 127. The second-order valence-corrected chi connectivity index (χ2v) is 3.18. The molecule has 1 aromatic rings. The molecule has 0 N–H and O–H groups in total. The molecular formula is C7H5F3INO. The van der Waals surface area contributed by atoms with E-state index in [0.29, 0.717) is 0 Å². The zero-order chi connectivity index (χ0) is 10.0. The van der Waals surface area contributed by atoms with Crippen molar-refractivity contribution in [3.63, 3.8) is 0 Å². The minimum absolute atomic E-state index is 0.0129. The Morgan fingerprint density at radius 2 is 2.15 bits per heavy atom. The maximum Gasteiger partial charge on any atom is 0.266 e. The summed E-state index contributed by atoms with van der Waals surface area (Å²) in [6.07, 6.45) is -2.86. The SMILES string of the molecule is COc1cc(C(F)F)c(F)c(I)n1. The molecule has 0 fully saturated rings. The van der Waals surface area contributed by atoms with E-state index in [1.165, 1.54) is 29.7 Å². The summed E-state index contributed by atoms with van der Waals surface area (Å²) in [6, 6.07) is 0.891. The number of methoxy groups -OCH3 is 1. The highest BCUT2D eigenvalue weighted by Gasteiger charge is 2.18. The topological polar surface area (TPSA) is 22.1 Å². The van der Waals surface area contributed by atoms with Gasteiger partial charge in [-0.15, -0.1) is 0 Å². The van der Waals surface area contributed by atoms with Crippen LogP contribution in [-0.4, -0.2) is 12.1 Å². The number of nitrogens with zero attached hydrogens (tertiary/aromatic N) is 1. The number of pyridine rings is 1. The number of hydrogen-bond donors (Lipinski definition) is 0. The van der Waals surface area contributed by atoms with E-state index < -0.39 is 17.8 Å². The Bertz CT molecular complexity index is 319. The maximum atomic E-state index is 13.0. The van der Waals surface area contributed by atoms with E-state index in [1.54, 1.807) is 0 Å². The Morgan fingerprint density at radius 1 is 1.54 bits per heavy atom. The molecule has 0 radical (unpaired) electrons. The van der Waals surface area contributed by atoms with Crippen molar-refractivity contribution >= 4 is 22.6 Å².